The number of allylic oxidation sites excluding steroid dienone is 1. The summed E-state index contributed by atoms with van der Waals surface area (Å²) in [6.07, 6.45) is 2.07. The maximum absolute atomic E-state index is 13.2. The number of aryl methyl sites for hydroxylation is 1. The molecule has 3 heteroatoms. The molecule has 0 aliphatic heterocycles. The van der Waals surface area contributed by atoms with E-state index in [-0.39, 0.29) is 12.0 Å². The minimum atomic E-state index is -2.84. The summed E-state index contributed by atoms with van der Waals surface area (Å²) in [4.78, 5) is 3.81. The van der Waals surface area contributed by atoms with Crippen molar-refractivity contribution in [3.8, 4) is 0 Å². The number of hydrogen-bond donors (Lipinski definition) is 0. The lowest BCUT2D eigenvalue weighted by atomic mass is 10.1. The highest BCUT2D eigenvalue weighted by atomic mass is 19.3. The summed E-state index contributed by atoms with van der Waals surface area (Å²) < 4.78 is 26.4. The molecular formula is C10H11F2N. The maximum atomic E-state index is 13.2. The molecule has 1 nitrogen and oxygen atoms in total. The third-order valence-corrected chi connectivity index (χ3v) is 1.73. The molecule has 0 saturated carbocycles. The minimum Gasteiger partial charge on any atom is -0.261 e. The van der Waals surface area contributed by atoms with Gasteiger partial charge < -0.3 is 0 Å². The molecule has 0 bridgehead atoms. The van der Waals surface area contributed by atoms with Crippen molar-refractivity contribution < 1.29 is 8.78 Å². The van der Waals surface area contributed by atoms with E-state index in [0.717, 1.165) is 5.69 Å². The van der Waals surface area contributed by atoms with Crippen LogP contribution in [-0.2, 0) is 5.92 Å². The van der Waals surface area contributed by atoms with Gasteiger partial charge in [-0.05, 0) is 19.1 Å². The second-order valence-corrected chi connectivity index (χ2v) is 2.89. The van der Waals surface area contributed by atoms with Gasteiger partial charge in [-0.2, -0.15) is 0 Å². The van der Waals surface area contributed by atoms with Gasteiger partial charge in [-0.25, -0.2) is 8.78 Å². The van der Waals surface area contributed by atoms with Crippen molar-refractivity contribution in [2.45, 2.75) is 19.3 Å². The quantitative estimate of drug-likeness (QED) is 0.656. The molecule has 0 fully saturated rings. The molecule has 1 rings (SSSR count). The summed E-state index contributed by atoms with van der Waals surface area (Å²) in [5.41, 5.74) is 0.677. The van der Waals surface area contributed by atoms with Crippen LogP contribution in [0, 0.1) is 6.92 Å². The Labute approximate surface area is 76.1 Å². The molecule has 0 spiro atoms. The van der Waals surface area contributed by atoms with Crippen LogP contribution in [0.25, 0.3) is 0 Å². The van der Waals surface area contributed by atoms with Crippen LogP contribution in [-0.4, -0.2) is 4.98 Å². The molecule has 0 aliphatic rings. The number of halogens is 2. The van der Waals surface area contributed by atoms with E-state index >= 15 is 0 Å². The molecule has 0 amide bonds. The summed E-state index contributed by atoms with van der Waals surface area (Å²) in [6, 6.07) is 2.97. The fraction of sp³-hybridized carbons (Fsp3) is 0.300. The highest BCUT2D eigenvalue weighted by Gasteiger charge is 2.29. The first-order valence-corrected chi connectivity index (χ1v) is 3.98. The summed E-state index contributed by atoms with van der Waals surface area (Å²) in [5, 5.41) is 0. The van der Waals surface area contributed by atoms with Gasteiger partial charge in [0.2, 0.25) is 0 Å². The summed E-state index contributed by atoms with van der Waals surface area (Å²) in [6.45, 7) is 5.05. The van der Waals surface area contributed by atoms with Gasteiger partial charge in [0, 0.05) is 23.9 Å². The first kappa shape index (κ1) is 9.84. The van der Waals surface area contributed by atoms with Crippen LogP contribution in [0.5, 0.6) is 0 Å². The molecule has 13 heavy (non-hydrogen) atoms. The smallest absolute Gasteiger partial charge is 0.261 e. The third-order valence-electron chi connectivity index (χ3n) is 1.73. The summed E-state index contributed by atoms with van der Waals surface area (Å²) >= 11 is 0. The van der Waals surface area contributed by atoms with E-state index in [1.54, 1.807) is 13.0 Å². The van der Waals surface area contributed by atoms with Crippen LogP contribution in [0.15, 0.2) is 31.0 Å². The van der Waals surface area contributed by atoms with E-state index in [2.05, 4.69) is 11.6 Å². The number of rotatable bonds is 3. The Kier molecular flexibility index (Phi) is 2.76. The van der Waals surface area contributed by atoms with Crippen molar-refractivity contribution in [2.24, 2.45) is 0 Å². The van der Waals surface area contributed by atoms with Crippen molar-refractivity contribution in [1.29, 1.82) is 0 Å². The average Bonchev–Trinajstić information content (AvgIpc) is 2.05. The molecule has 0 unspecified atom stereocenters. The van der Waals surface area contributed by atoms with Crippen molar-refractivity contribution in [1.82, 2.24) is 4.98 Å². The molecule has 70 valence electrons. The summed E-state index contributed by atoms with van der Waals surface area (Å²) in [5.74, 6) is -2.84. The van der Waals surface area contributed by atoms with Gasteiger partial charge in [0.1, 0.15) is 0 Å². The van der Waals surface area contributed by atoms with Gasteiger partial charge >= 0.3 is 0 Å². The highest BCUT2D eigenvalue weighted by molar-refractivity contribution is 5.18. The average molecular weight is 183 g/mol. The second kappa shape index (κ2) is 3.64. The standard InChI is InChI=1S/C10H11F2N/c1-3-6-10(11,12)9-5-4-8(2)13-7-9/h3-5,7H,1,6H2,2H3. The number of pyridine rings is 1. The van der Waals surface area contributed by atoms with Gasteiger partial charge in [-0.1, -0.05) is 6.08 Å². The molecule has 1 heterocycles. The lowest BCUT2D eigenvalue weighted by molar-refractivity contribution is -0.00120. The van der Waals surface area contributed by atoms with E-state index in [1.165, 1.54) is 18.3 Å². The van der Waals surface area contributed by atoms with Crippen LogP contribution in [0.2, 0.25) is 0 Å². The number of alkyl halides is 2. The first-order chi connectivity index (χ1) is 6.06. The summed E-state index contributed by atoms with van der Waals surface area (Å²) in [7, 11) is 0. The van der Waals surface area contributed by atoms with E-state index < -0.39 is 5.92 Å². The SMILES string of the molecule is C=CCC(F)(F)c1ccc(C)nc1. The van der Waals surface area contributed by atoms with Gasteiger partial charge in [-0.3, -0.25) is 4.98 Å². The zero-order valence-electron chi connectivity index (χ0n) is 7.43. The largest absolute Gasteiger partial charge is 0.278 e. The van der Waals surface area contributed by atoms with Crippen molar-refractivity contribution in [3.05, 3.63) is 42.2 Å². The predicted octanol–water partition coefficient (Wildman–Crippen LogP) is 3.06. The third kappa shape index (κ3) is 2.34. The number of nitrogens with zero attached hydrogens (tertiary/aromatic N) is 1. The zero-order chi connectivity index (χ0) is 9.90. The number of aromatic nitrogens is 1. The van der Waals surface area contributed by atoms with Gasteiger partial charge in [0.05, 0.1) is 0 Å². The molecule has 0 aliphatic carbocycles. The molecule has 1 aromatic heterocycles. The zero-order valence-corrected chi connectivity index (χ0v) is 7.43. The molecule has 0 aromatic carbocycles. The molecule has 0 N–H and O–H groups in total. The Morgan fingerprint density at radius 3 is 2.69 bits per heavy atom. The number of hydrogen-bond acceptors (Lipinski definition) is 1. The Bertz CT molecular complexity index is 290. The normalized spacial score (nSPS) is 11.3. The Morgan fingerprint density at radius 1 is 1.54 bits per heavy atom. The molecule has 0 saturated heterocycles. The van der Waals surface area contributed by atoms with Crippen molar-refractivity contribution in [2.75, 3.05) is 0 Å². The first-order valence-electron chi connectivity index (χ1n) is 3.98. The fourth-order valence-corrected chi connectivity index (χ4v) is 0.983. The monoisotopic (exact) mass is 183 g/mol. The van der Waals surface area contributed by atoms with E-state index in [0.29, 0.717) is 0 Å². The fourth-order valence-electron chi connectivity index (χ4n) is 0.983. The van der Waals surface area contributed by atoms with Gasteiger partial charge in [-0.15, -0.1) is 6.58 Å². The van der Waals surface area contributed by atoms with E-state index in [1.807, 2.05) is 0 Å². The highest BCUT2D eigenvalue weighted by Crippen LogP contribution is 2.31. The topological polar surface area (TPSA) is 12.9 Å². The van der Waals surface area contributed by atoms with E-state index in [4.69, 9.17) is 0 Å². The maximum Gasteiger partial charge on any atom is 0.278 e. The lowest BCUT2D eigenvalue weighted by Crippen LogP contribution is -2.12. The molecule has 1 aromatic rings. The van der Waals surface area contributed by atoms with Gasteiger partial charge in [0.25, 0.3) is 5.92 Å². The second-order valence-electron chi connectivity index (χ2n) is 2.89. The van der Waals surface area contributed by atoms with Crippen LogP contribution >= 0.6 is 0 Å². The Balaban J connectivity index is 2.93. The van der Waals surface area contributed by atoms with Crippen molar-refractivity contribution >= 4 is 0 Å². The lowest BCUT2D eigenvalue weighted by Gasteiger charge is -2.13. The Morgan fingerprint density at radius 2 is 2.23 bits per heavy atom. The molecule has 0 atom stereocenters. The van der Waals surface area contributed by atoms with Crippen LogP contribution in [0.3, 0.4) is 0 Å². The predicted molar refractivity (Wildman–Crippen MR) is 47.7 cm³/mol. The van der Waals surface area contributed by atoms with E-state index in [9.17, 15) is 8.78 Å². The van der Waals surface area contributed by atoms with Gasteiger partial charge in [0.15, 0.2) is 0 Å². The van der Waals surface area contributed by atoms with Crippen molar-refractivity contribution in [3.63, 3.8) is 0 Å². The molecular weight excluding hydrogens is 172 g/mol. The Hall–Kier alpha value is -1.25. The molecule has 0 radical (unpaired) electrons. The van der Waals surface area contributed by atoms with Crippen LogP contribution in [0.4, 0.5) is 8.78 Å². The minimum absolute atomic E-state index is 0.0574. The van der Waals surface area contributed by atoms with Crippen LogP contribution < -0.4 is 0 Å². The van der Waals surface area contributed by atoms with Crippen LogP contribution in [0.1, 0.15) is 17.7 Å².